The molecule has 4 nitrogen and oxygen atoms in total. The lowest BCUT2D eigenvalue weighted by Crippen LogP contribution is -2.23. The number of carbonyl (C=O) groups is 1. The molecule has 1 amide bonds. The van der Waals surface area contributed by atoms with Crippen LogP contribution in [-0.2, 0) is 13.1 Å². The smallest absolute Gasteiger partial charge is 0.256 e. The summed E-state index contributed by atoms with van der Waals surface area (Å²) in [5, 5.41) is 3.11. The maximum atomic E-state index is 14.8. The van der Waals surface area contributed by atoms with Gasteiger partial charge in [-0.3, -0.25) is 9.78 Å². The van der Waals surface area contributed by atoms with Gasteiger partial charge in [-0.25, -0.2) is 4.39 Å². The van der Waals surface area contributed by atoms with E-state index in [1.54, 1.807) is 35.4 Å². The molecule has 28 heavy (non-hydrogen) atoms. The maximum Gasteiger partial charge on any atom is 0.256 e. The van der Waals surface area contributed by atoms with Gasteiger partial charge in [-0.05, 0) is 47.0 Å². The van der Waals surface area contributed by atoms with Crippen LogP contribution in [0.1, 0.15) is 27.2 Å². The molecule has 140 valence electrons. The van der Waals surface area contributed by atoms with Crippen LogP contribution in [0.2, 0.25) is 0 Å². The van der Waals surface area contributed by atoms with Crippen LogP contribution in [0.4, 0.5) is 10.1 Å². The third kappa shape index (κ3) is 3.16. The van der Waals surface area contributed by atoms with E-state index in [9.17, 15) is 9.18 Å². The number of hydrogen-bond acceptors (Lipinski definition) is 3. The predicted octanol–water partition coefficient (Wildman–Crippen LogP) is 4.73. The Kier molecular flexibility index (Phi) is 4.65. The van der Waals surface area contributed by atoms with E-state index in [-0.39, 0.29) is 18.3 Å². The summed E-state index contributed by atoms with van der Waals surface area (Å²) in [7, 11) is 1.85. The SMILES string of the molecule is C=Cc1cc(-c2ccc(CN3Cc4ncccc4C3=O)c(F)c2)ccc1NC. The van der Waals surface area contributed by atoms with Crippen LogP contribution in [0, 0.1) is 5.82 Å². The molecule has 0 saturated heterocycles. The van der Waals surface area contributed by atoms with E-state index in [1.807, 2.05) is 31.3 Å². The molecule has 5 heteroatoms. The van der Waals surface area contributed by atoms with E-state index < -0.39 is 0 Å². The van der Waals surface area contributed by atoms with Crippen LogP contribution >= 0.6 is 0 Å². The number of rotatable bonds is 5. The normalized spacial score (nSPS) is 12.8. The third-order valence-electron chi connectivity index (χ3n) is 5.04. The highest BCUT2D eigenvalue weighted by Crippen LogP contribution is 2.29. The van der Waals surface area contributed by atoms with E-state index >= 15 is 0 Å². The van der Waals surface area contributed by atoms with E-state index in [1.165, 1.54) is 6.07 Å². The van der Waals surface area contributed by atoms with Crippen molar-refractivity contribution in [3.63, 3.8) is 0 Å². The number of benzene rings is 2. The molecular formula is C23H20FN3O. The first-order chi connectivity index (χ1) is 13.6. The van der Waals surface area contributed by atoms with Crippen LogP contribution in [0.15, 0.2) is 61.3 Å². The largest absolute Gasteiger partial charge is 0.388 e. The molecular weight excluding hydrogens is 353 g/mol. The molecule has 0 aliphatic carbocycles. The number of carbonyl (C=O) groups excluding carboxylic acids is 1. The van der Waals surface area contributed by atoms with Crippen LogP contribution in [0.5, 0.6) is 0 Å². The summed E-state index contributed by atoms with van der Waals surface area (Å²) in [6.45, 7) is 4.46. The van der Waals surface area contributed by atoms with Crippen molar-refractivity contribution < 1.29 is 9.18 Å². The van der Waals surface area contributed by atoms with Gasteiger partial charge in [-0.1, -0.05) is 30.9 Å². The molecule has 0 unspecified atom stereocenters. The highest BCUT2D eigenvalue weighted by molar-refractivity contribution is 5.97. The van der Waals surface area contributed by atoms with Crippen LogP contribution in [0.3, 0.4) is 0 Å². The number of hydrogen-bond donors (Lipinski definition) is 1. The average Bonchev–Trinajstić information content (AvgIpc) is 3.04. The van der Waals surface area contributed by atoms with Crippen molar-refractivity contribution in [2.24, 2.45) is 0 Å². The van der Waals surface area contributed by atoms with Gasteiger partial charge in [-0.15, -0.1) is 0 Å². The minimum Gasteiger partial charge on any atom is -0.388 e. The number of amides is 1. The van der Waals surface area contributed by atoms with Gasteiger partial charge < -0.3 is 10.2 Å². The molecule has 0 saturated carbocycles. The van der Waals surface area contributed by atoms with Gasteiger partial charge in [0.2, 0.25) is 0 Å². The Hall–Kier alpha value is -3.47. The molecule has 1 aliphatic rings. The van der Waals surface area contributed by atoms with Gasteiger partial charge in [0.05, 0.1) is 17.8 Å². The number of nitrogens with one attached hydrogen (secondary N) is 1. The first kappa shape index (κ1) is 17.9. The van der Waals surface area contributed by atoms with Crippen molar-refractivity contribution in [2.75, 3.05) is 12.4 Å². The molecule has 2 aromatic carbocycles. The van der Waals surface area contributed by atoms with Crippen molar-refractivity contribution in [3.05, 3.63) is 89.5 Å². The lowest BCUT2D eigenvalue weighted by atomic mass is 10.00. The van der Waals surface area contributed by atoms with Gasteiger partial charge in [-0.2, -0.15) is 0 Å². The zero-order valence-electron chi connectivity index (χ0n) is 15.6. The van der Waals surface area contributed by atoms with E-state index in [0.29, 0.717) is 17.7 Å². The van der Waals surface area contributed by atoms with Crippen LogP contribution in [0.25, 0.3) is 17.2 Å². The van der Waals surface area contributed by atoms with Crippen molar-refractivity contribution in [1.82, 2.24) is 9.88 Å². The summed E-state index contributed by atoms with van der Waals surface area (Å²) in [6, 6.07) is 14.5. The van der Waals surface area contributed by atoms with Gasteiger partial charge in [0.1, 0.15) is 5.82 Å². The highest BCUT2D eigenvalue weighted by atomic mass is 19.1. The monoisotopic (exact) mass is 373 g/mol. The summed E-state index contributed by atoms with van der Waals surface area (Å²) in [5.74, 6) is -0.433. The second-order valence-electron chi connectivity index (χ2n) is 6.72. The van der Waals surface area contributed by atoms with Gasteiger partial charge in [0, 0.05) is 31.0 Å². The minimum atomic E-state index is -0.327. The number of pyridine rings is 1. The molecule has 1 N–H and O–H groups in total. The standard InChI is InChI=1S/C23H20FN3O/c1-3-15-11-16(8-9-21(15)25-2)17-6-7-18(20(24)12-17)13-27-14-22-19(23(27)28)5-4-10-26-22/h3-12,25H,1,13-14H2,2H3. The fraction of sp³-hybridized carbons (Fsp3) is 0.130. The lowest BCUT2D eigenvalue weighted by Gasteiger charge is -2.16. The molecule has 4 rings (SSSR count). The number of aromatic nitrogens is 1. The number of halogens is 1. The Bertz CT molecular complexity index is 1080. The molecule has 3 aromatic rings. The third-order valence-corrected chi connectivity index (χ3v) is 5.04. The Morgan fingerprint density at radius 1 is 1.21 bits per heavy atom. The maximum absolute atomic E-state index is 14.8. The molecule has 0 fully saturated rings. The zero-order chi connectivity index (χ0) is 19.7. The quantitative estimate of drug-likeness (QED) is 0.703. The molecule has 1 aliphatic heterocycles. The Morgan fingerprint density at radius 2 is 2.00 bits per heavy atom. The summed E-state index contributed by atoms with van der Waals surface area (Å²) in [4.78, 5) is 18.3. The predicted molar refractivity (Wildman–Crippen MR) is 109 cm³/mol. The van der Waals surface area contributed by atoms with Crippen LogP contribution < -0.4 is 5.32 Å². The zero-order valence-corrected chi connectivity index (χ0v) is 15.6. The molecule has 0 radical (unpaired) electrons. The van der Waals surface area contributed by atoms with E-state index in [2.05, 4.69) is 16.9 Å². The fourth-order valence-electron chi connectivity index (χ4n) is 3.51. The molecule has 2 heterocycles. The van der Waals surface area contributed by atoms with Gasteiger partial charge in [0.15, 0.2) is 0 Å². The van der Waals surface area contributed by atoms with E-state index in [0.717, 1.165) is 28.1 Å². The Balaban J connectivity index is 1.58. The average molecular weight is 373 g/mol. The topological polar surface area (TPSA) is 45.2 Å². The number of fused-ring (bicyclic) bond motifs is 1. The van der Waals surface area contributed by atoms with E-state index in [4.69, 9.17) is 0 Å². The van der Waals surface area contributed by atoms with Crippen molar-refractivity contribution in [3.8, 4) is 11.1 Å². The highest BCUT2D eigenvalue weighted by Gasteiger charge is 2.28. The second-order valence-corrected chi connectivity index (χ2v) is 6.72. The molecule has 0 bridgehead atoms. The summed E-state index contributed by atoms with van der Waals surface area (Å²) < 4.78 is 14.8. The lowest BCUT2D eigenvalue weighted by molar-refractivity contribution is 0.0765. The van der Waals surface area contributed by atoms with Gasteiger partial charge in [0.25, 0.3) is 5.91 Å². The van der Waals surface area contributed by atoms with Crippen molar-refractivity contribution >= 4 is 17.7 Å². The molecule has 0 spiro atoms. The Labute approximate surface area is 163 Å². The van der Waals surface area contributed by atoms with Crippen molar-refractivity contribution in [2.45, 2.75) is 13.1 Å². The second kappa shape index (κ2) is 7.27. The first-order valence-corrected chi connectivity index (χ1v) is 9.07. The molecule has 1 aromatic heterocycles. The summed E-state index contributed by atoms with van der Waals surface area (Å²) in [6.07, 6.45) is 3.44. The minimum absolute atomic E-state index is 0.107. The van der Waals surface area contributed by atoms with Crippen LogP contribution in [-0.4, -0.2) is 22.8 Å². The number of anilines is 1. The first-order valence-electron chi connectivity index (χ1n) is 9.07. The summed E-state index contributed by atoms with van der Waals surface area (Å²) in [5.41, 5.74) is 5.44. The van der Waals surface area contributed by atoms with Crippen molar-refractivity contribution in [1.29, 1.82) is 0 Å². The summed E-state index contributed by atoms with van der Waals surface area (Å²) >= 11 is 0. The molecule has 0 atom stereocenters. The Morgan fingerprint density at radius 3 is 2.71 bits per heavy atom. The fourth-order valence-corrected chi connectivity index (χ4v) is 3.51. The number of nitrogens with zero attached hydrogens (tertiary/aromatic N) is 2. The van der Waals surface area contributed by atoms with Gasteiger partial charge >= 0.3 is 0 Å².